The molecule has 0 N–H and O–H groups in total. The van der Waals surface area contributed by atoms with E-state index in [1.54, 1.807) is 32.0 Å². The Kier molecular flexibility index (Phi) is 5.86. The third-order valence-corrected chi connectivity index (χ3v) is 3.44. The summed E-state index contributed by atoms with van der Waals surface area (Å²) in [6.45, 7) is 1.88. The van der Waals surface area contributed by atoms with Gasteiger partial charge in [0.05, 0.1) is 24.2 Å². The summed E-state index contributed by atoms with van der Waals surface area (Å²) in [5.41, 5.74) is 0.693. The van der Waals surface area contributed by atoms with Crippen LogP contribution < -0.4 is 0 Å². The lowest BCUT2D eigenvalue weighted by molar-refractivity contribution is 0.0517. The molecule has 0 saturated heterocycles. The molecule has 8 heteroatoms. The van der Waals surface area contributed by atoms with Crippen LogP contribution in [0.3, 0.4) is 0 Å². The van der Waals surface area contributed by atoms with Crippen LogP contribution in [0, 0.1) is 0 Å². The van der Waals surface area contributed by atoms with Gasteiger partial charge in [0.1, 0.15) is 0 Å². The maximum Gasteiger partial charge on any atom is 0.359 e. The van der Waals surface area contributed by atoms with Crippen molar-refractivity contribution in [3.63, 3.8) is 0 Å². The first kappa shape index (κ1) is 17.9. The number of aromatic nitrogens is 2. The first-order valence-corrected chi connectivity index (χ1v) is 7.99. The van der Waals surface area contributed by atoms with Crippen LogP contribution in [-0.2, 0) is 4.74 Å². The SMILES string of the molecule is CCOC(=O)c1nn(-c2cccc(Br)c2)c(/N=C/N(C)C)c1C=O. The van der Waals surface area contributed by atoms with Gasteiger partial charge in [-0.15, -0.1) is 0 Å². The smallest absolute Gasteiger partial charge is 0.359 e. The van der Waals surface area contributed by atoms with Gasteiger partial charge in [-0.25, -0.2) is 14.5 Å². The lowest BCUT2D eigenvalue weighted by Crippen LogP contribution is -2.08. The number of esters is 1. The van der Waals surface area contributed by atoms with E-state index < -0.39 is 5.97 Å². The Bertz CT molecular complexity index is 784. The normalized spacial score (nSPS) is 10.8. The average Bonchev–Trinajstić information content (AvgIpc) is 2.91. The zero-order valence-electron chi connectivity index (χ0n) is 13.6. The summed E-state index contributed by atoms with van der Waals surface area (Å²) >= 11 is 3.39. The lowest BCUT2D eigenvalue weighted by Gasteiger charge is -2.06. The van der Waals surface area contributed by atoms with Crippen LogP contribution in [0.15, 0.2) is 33.7 Å². The maximum atomic E-state index is 12.1. The summed E-state index contributed by atoms with van der Waals surface area (Å²) in [5.74, 6) is -0.394. The highest BCUT2D eigenvalue weighted by Gasteiger charge is 2.24. The number of halogens is 1. The molecule has 0 radical (unpaired) electrons. The van der Waals surface area contributed by atoms with Crippen molar-refractivity contribution in [2.24, 2.45) is 4.99 Å². The number of aldehydes is 1. The van der Waals surface area contributed by atoms with E-state index in [1.165, 1.54) is 11.0 Å². The minimum atomic E-state index is -0.658. The molecule has 2 aromatic rings. The summed E-state index contributed by atoms with van der Waals surface area (Å²) in [4.78, 5) is 29.7. The Balaban J connectivity index is 2.67. The quantitative estimate of drug-likeness (QED) is 0.327. The molecule has 1 heterocycles. The van der Waals surface area contributed by atoms with Crippen molar-refractivity contribution in [1.82, 2.24) is 14.7 Å². The highest BCUT2D eigenvalue weighted by Crippen LogP contribution is 2.27. The van der Waals surface area contributed by atoms with Gasteiger partial charge in [0.2, 0.25) is 0 Å². The van der Waals surface area contributed by atoms with Crippen molar-refractivity contribution >= 4 is 40.3 Å². The van der Waals surface area contributed by atoms with Crippen molar-refractivity contribution < 1.29 is 14.3 Å². The molecule has 0 fully saturated rings. The van der Waals surface area contributed by atoms with E-state index in [1.807, 2.05) is 18.2 Å². The van der Waals surface area contributed by atoms with Gasteiger partial charge < -0.3 is 9.64 Å². The Hall–Kier alpha value is -2.48. The number of hydrogen-bond donors (Lipinski definition) is 0. The van der Waals surface area contributed by atoms with Gasteiger partial charge in [-0.2, -0.15) is 5.10 Å². The van der Waals surface area contributed by atoms with Crippen LogP contribution in [0.4, 0.5) is 5.82 Å². The molecule has 0 atom stereocenters. The summed E-state index contributed by atoms with van der Waals surface area (Å²) in [5, 5.41) is 4.25. The van der Waals surface area contributed by atoms with Crippen LogP contribution in [0.1, 0.15) is 27.8 Å². The van der Waals surface area contributed by atoms with Gasteiger partial charge in [0.25, 0.3) is 0 Å². The molecule has 2 rings (SSSR count). The Labute approximate surface area is 148 Å². The molecule has 1 aromatic heterocycles. The predicted octanol–water partition coefficient (Wildman–Crippen LogP) is 2.85. The minimum Gasteiger partial charge on any atom is -0.461 e. The molecule has 0 aliphatic heterocycles. The number of ether oxygens (including phenoxy) is 1. The van der Waals surface area contributed by atoms with Gasteiger partial charge in [-0.05, 0) is 25.1 Å². The van der Waals surface area contributed by atoms with E-state index in [0.29, 0.717) is 12.0 Å². The van der Waals surface area contributed by atoms with Gasteiger partial charge >= 0.3 is 5.97 Å². The van der Waals surface area contributed by atoms with Crippen LogP contribution in [0.25, 0.3) is 5.69 Å². The van der Waals surface area contributed by atoms with E-state index in [-0.39, 0.29) is 23.7 Å². The van der Waals surface area contributed by atoms with Crippen LogP contribution >= 0.6 is 15.9 Å². The molecule has 1 aromatic carbocycles. The van der Waals surface area contributed by atoms with Crippen molar-refractivity contribution in [1.29, 1.82) is 0 Å². The van der Waals surface area contributed by atoms with Crippen molar-refractivity contribution in [2.45, 2.75) is 6.92 Å². The number of carbonyl (C=O) groups is 2. The van der Waals surface area contributed by atoms with Crippen molar-refractivity contribution in [3.05, 3.63) is 40.0 Å². The number of benzene rings is 1. The van der Waals surface area contributed by atoms with Gasteiger partial charge in [0.15, 0.2) is 17.8 Å². The highest BCUT2D eigenvalue weighted by atomic mass is 79.9. The van der Waals surface area contributed by atoms with Gasteiger partial charge in [-0.1, -0.05) is 22.0 Å². The van der Waals surface area contributed by atoms with Gasteiger partial charge in [-0.3, -0.25) is 4.79 Å². The van der Waals surface area contributed by atoms with E-state index in [4.69, 9.17) is 4.74 Å². The Morgan fingerprint density at radius 2 is 2.21 bits per heavy atom. The number of carbonyl (C=O) groups excluding carboxylic acids is 2. The number of hydrogen-bond acceptors (Lipinski definition) is 5. The molecule has 0 aliphatic rings. The zero-order valence-corrected chi connectivity index (χ0v) is 15.1. The molecule has 0 spiro atoms. The molecule has 7 nitrogen and oxygen atoms in total. The second kappa shape index (κ2) is 7.87. The molecular formula is C16H17BrN4O3. The molecule has 0 aliphatic carbocycles. The van der Waals surface area contributed by atoms with Crippen LogP contribution in [0.2, 0.25) is 0 Å². The molecule has 0 saturated carbocycles. The molecular weight excluding hydrogens is 376 g/mol. The zero-order chi connectivity index (χ0) is 17.7. The fourth-order valence-electron chi connectivity index (χ4n) is 1.96. The third-order valence-electron chi connectivity index (χ3n) is 2.95. The number of nitrogens with zero attached hydrogens (tertiary/aromatic N) is 4. The van der Waals surface area contributed by atoms with Gasteiger partial charge in [0, 0.05) is 18.6 Å². The van der Waals surface area contributed by atoms with Crippen LogP contribution in [0.5, 0.6) is 0 Å². The topological polar surface area (TPSA) is 76.8 Å². The summed E-state index contributed by atoms with van der Waals surface area (Å²) < 4.78 is 7.26. The highest BCUT2D eigenvalue weighted by molar-refractivity contribution is 9.10. The molecule has 126 valence electrons. The number of aliphatic imine (C=N–C) groups is 1. The molecule has 24 heavy (non-hydrogen) atoms. The predicted molar refractivity (Wildman–Crippen MR) is 94.4 cm³/mol. The van der Waals surface area contributed by atoms with E-state index in [9.17, 15) is 9.59 Å². The average molecular weight is 393 g/mol. The minimum absolute atomic E-state index is 0.0577. The monoisotopic (exact) mass is 392 g/mol. The fourth-order valence-corrected chi connectivity index (χ4v) is 2.35. The maximum absolute atomic E-state index is 12.1. The molecule has 0 amide bonds. The van der Waals surface area contributed by atoms with E-state index in [0.717, 1.165) is 4.47 Å². The molecule has 0 bridgehead atoms. The Morgan fingerprint density at radius 3 is 2.79 bits per heavy atom. The first-order chi connectivity index (χ1) is 11.5. The summed E-state index contributed by atoms with van der Waals surface area (Å²) in [7, 11) is 3.60. The standard InChI is InChI=1S/C16H17BrN4O3/c1-4-24-16(23)14-13(9-22)15(18-10-20(2)3)21(19-14)12-7-5-6-11(17)8-12/h5-10H,4H2,1-3H3/b18-10+. The second-order valence-electron chi connectivity index (χ2n) is 5.02. The van der Waals surface area contributed by atoms with E-state index in [2.05, 4.69) is 26.0 Å². The van der Waals surface area contributed by atoms with Crippen molar-refractivity contribution in [2.75, 3.05) is 20.7 Å². The largest absolute Gasteiger partial charge is 0.461 e. The molecule has 0 unspecified atom stereocenters. The summed E-state index contributed by atoms with van der Waals surface area (Å²) in [6, 6.07) is 7.30. The third kappa shape index (κ3) is 3.88. The second-order valence-corrected chi connectivity index (χ2v) is 5.94. The van der Waals surface area contributed by atoms with E-state index >= 15 is 0 Å². The van der Waals surface area contributed by atoms with Crippen molar-refractivity contribution in [3.8, 4) is 5.69 Å². The summed E-state index contributed by atoms with van der Waals surface area (Å²) in [6.07, 6.45) is 2.10. The lowest BCUT2D eigenvalue weighted by atomic mass is 10.2. The Morgan fingerprint density at radius 1 is 1.46 bits per heavy atom. The van der Waals surface area contributed by atoms with Crippen LogP contribution in [-0.4, -0.2) is 54.0 Å². The number of rotatable bonds is 6. The fraction of sp³-hybridized carbons (Fsp3) is 0.250. The first-order valence-electron chi connectivity index (χ1n) is 7.19.